The number of hydrogen-bond acceptors (Lipinski definition) is 2. The van der Waals surface area contributed by atoms with E-state index in [2.05, 4.69) is 13.8 Å². The van der Waals surface area contributed by atoms with E-state index in [9.17, 15) is 9.67 Å². The lowest BCUT2D eigenvalue weighted by Crippen LogP contribution is -2.59. The first kappa shape index (κ1) is 20.4. The molecule has 0 aromatic heterocycles. The summed E-state index contributed by atoms with van der Waals surface area (Å²) in [5.74, 6) is 0. The maximum atomic E-state index is 15.0. The van der Waals surface area contributed by atoms with Crippen molar-refractivity contribution in [2.24, 2.45) is 0 Å². The van der Waals surface area contributed by atoms with Gasteiger partial charge >= 0.3 is 0 Å². The van der Waals surface area contributed by atoms with Gasteiger partial charge in [0.2, 0.25) is 0 Å². The first-order chi connectivity index (χ1) is 13.0. The highest BCUT2D eigenvalue weighted by molar-refractivity contribution is 7.80. The van der Waals surface area contributed by atoms with E-state index in [1.165, 1.54) is 12.8 Å². The molecule has 0 radical (unpaired) electrons. The van der Waals surface area contributed by atoms with E-state index in [0.29, 0.717) is 0 Å². The lowest BCUT2D eigenvalue weighted by molar-refractivity contribution is -0.0684. The van der Waals surface area contributed by atoms with Crippen LogP contribution in [0.15, 0.2) is 60.7 Å². The van der Waals surface area contributed by atoms with Gasteiger partial charge in [-0.25, -0.2) is 0 Å². The monoisotopic (exact) mass is 384 g/mol. The number of unbranched alkanes of at least 4 members (excludes halogenated alkanes) is 3. The minimum atomic E-state index is -3.03. The fraction of sp³-hybridized carbons (Fsp3) is 0.500. The molecular formula is C24H33O2P. The maximum Gasteiger partial charge on any atom is 0.151 e. The zero-order chi connectivity index (χ0) is 19.4. The van der Waals surface area contributed by atoms with Gasteiger partial charge < -0.3 is 9.67 Å². The van der Waals surface area contributed by atoms with Gasteiger partial charge in [0, 0.05) is 10.6 Å². The van der Waals surface area contributed by atoms with E-state index >= 15 is 0 Å². The van der Waals surface area contributed by atoms with E-state index < -0.39 is 17.9 Å². The van der Waals surface area contributed by atoms with Crippen LogP contribution in [0.5, 0.6) is 0 Å². The number of hydrogen-bond donors (Lipinski definition) is 1. The van der Waals surface area contributed by atoms with Gasteiger partial charge in [0.15, 0.2) is 7.14 Å². The van der Waals surface area contributed by atoms with Gasteiger partial charge in [-0.05, 0) is 32.6 Å². The van der Waals surface area contributed by atoms with Crippen LogP contribution >= 0.6 is 7.14 Å². The molecule has 1 atom stereocenters. The Morgan fingerprint density at radius 3 is 1.85 bits per heavy atom. The Morgan fingerprint density at radius 1 is 0.926 bits per heavy atom. The molecule has 0 amide bonds. The van der Waals surface area contributed by atoms with Crippen molar-refractivity contribution in [1.29, 1.82) is 0 Å². The van der Waals surface area contributed by atoms with Crippen molar-refractivity contribution in [2.45, 2.75) is 76.0 Å². The Kier molecular flexibility index (Phi) is 6.28. The summed E-state index contributed by atoms with van der Waals surface area (Å²) in [6.07, 6.45) is 7.82. The van der Waals surface area contributed by atoms with E-state index in [-0.39, 0.29) is 0 Å². The topological polar surface area (TPSA) is 37.3 Å². The van der Waals surface area contributed by atoms with Crippen LogP contribution in [0.25, 0.3) is 0 Å². The highest BCUT2D eigenvalue weighted by atomic mass is 31.2. The highest BCUT2D eigenvalue weighted by Gasteiger charge is 2.60. The van der Waals surface area contributed by atoms with Gasteiger partial charge in [-0.2, -0.15) is 0 Å². The number of rotatable bonds is 9. The standard InChI is InChI=1S/C24H33O2P/c1-3-4-5-12-18-23(2,24(25)19-13-20-24)27(26,21-14-8-6-9-15-21)22-16-10-7-11-17-22/h6-11,14-17,25H,3-5,12-13,18-20H2,1-2H3/t23-/m0/s1. The van der Waals surface area contributed by atoms with E-state index in [1.54, 1.807) is 0 Å². The molecule has 1 aliphatic rings. The molecule has 1 aliphatic carbocycles. The molecule has 1 N–H and O–H groups in total. The summed E-state index contributed by atoms with van der Waals surface area (Å²) < 4.78 is 15.0. The van der Waals surface area contributed by atoms with Crippen LogP contribution in [0.3, 0.4) is 0 Å². The second kappa shape index (κ2) is 8.33. The first-order valence-corrected chi connectivity index (χ1v) is 12.1. The van der Waals surface area contributed by atoms with Gasteiger partial charge in [-0.15, -0.1) is 0 Å². The normalized spacial score (nSPS) is 18.5. The van der Waals surface area contributed by atoms with Gasteiger partial charge in [0.05, 0.1) is 10.8 Å². The van der Waals surface area contributed by atoms with Crippen LogP contribution < -0.4 is 10.6 Å². The minimum absolute atomic E-state index is 0.644. The second-order valence-corrected chi connectivity index (χ2v) is 11.5. The third-order valence-electron chi connectivity index (χ3n) is 6.63. The Hall–Kier alpha value is -1.37. The molecule has 3 rings (SSSR count). The molecule has 2 aromatic rings. The minimum Gasteiger partial charge on any atom is -0.389 e. The second-order valence-electron chi connectivity index (χ2n) is 8.25. The molecule has 0 spiro atoms. The van der Waals surface area contributed by atoms with Crippen LogP contribution in [0.4, 0.5) is 0 Å². The van der Waals surface area contributed by atoms with E-state index in [1.807, 2.05) is 60.7 Å². The molecule has 146 valence electrons. The molecule has 1 fully saturated rings. The SMILES string of the molecule is CCCCCC[C@@](C)(C1(O)CCC1)P(=O)(c1ccccc1)c1ccccc1. The van der Waals surface area contributed by atoms with Crippen LogP contribution in [-0.4, -0.2) is 15.9 Å². The van der Waals surface area contributed by atoms with Crippen LogP contribution in [-0.2, 0) is 4.57 Å². The number of benzene rings is 2. The molecule has 3 heteroatoms. The fourth-order valence-electron chi connectivity index (χ4n) is 4.62. The van der Waals surface area contributed by atoms with Crippen molar-refractivity contribution in [2.75, 3.05) is 0 Å². The van der Waals surface area contributed by atoms with Gasteiger partial charge in [-0.1, -0.05) is 93.3 Å². The van der Waals surface area contributed by atoms with Crippen molar-refractivity contribution in [3.63, 3.8) is 0 Å². The molecule has 0 heterocycles. The summed E-state index contributed by atoms with van der Waals surface area (Å²) in [7, 11) is -3.03. The Bertz CT molecular complexity index is 724. The third-order valence-corrected chi connectivity index (χ3v) is 10.7. The molecule has 1 saturated carbocycles. The lowest BCUT2D eigenvalue weighted by Gasteiger charge is -2.54. The smallest absolute Gasteiger partial charge is 0.151 e. The van der Waals surface area contributed by atoms with Crippen molar-refractivity contribution < 1.29 is 9.67 Å². The van der Waals surface area contributed by atoms with Gasteiger partial charge in [0.1, 0.15) is 0 Å². The van der Waals surface area contributed by atoms with Gasteiger partial charge in [0.25, 0.3) is 0 Å². The molecule has 0 bridgehead atoms. The predicted molar refractivity (Wildman–Crippen MR) is 116 cm³/mol. The first-order valence-electron chi connectivity index (χ1n) is 10.4. The molecule has 2 aromatic carbocycles. The molecule has 0 unspecified atom stereocenters. The molecule has 27 heavy (non-hydrogen) atoms. The summed E-state index contributed by atoms with van der Waals surface area (Å²) in [5.41, 5.74) is -0.847. The van der Waals surface area contributed by atoms with Crippen molar-refractivity contribution >= 4 is 17.8 Å². The predicted octanol–water partition coefficient (Wildman–Crippen LogP) is 5.64. The highest BCUT2D eigenvalue weighted by Crippen LogP contribution is 2.66. The Morgan fingerprint density at radius 2 is 1.44 bits per heavy atom. The Balaban J connectivity index is 2.12. The largest absolute Gasteiger partial charge is 0.389 e. The molecule has 2 nitrogen and oxygen atoms in total. The summed E-state index contributed by atoms with van der Waals surface area (Å²) in [4.78, 5) is 0. The summed E-state index contributed by atoms with van der Waals surface area (Å²) in [6, 6.07) is 19.7. The van der Waals surface area contributed by atoms with Crippen LogP contribution in [0.2, 0.25) is 0 Å². The lowest BCUT2D eigenvalue weighted by atomic mass is 9.69. The summed E-state index contributed by atoms with van der Waals surface area (Å²) in [5, 5.41) is 12.7. The maximum absolute atomic E-state index is 15.0. The fourth-order valence-corrected chi connectivity index (χ4v) is 8.53. The number of aliphatic hydroxyl groups is 1. The molecule has 0 saturated heterocycles. The third kappa shape index (κ3) is 3.55. The van der Waals surface area contributed by atoms with Crippen molar-refractivity contribution in [3.8, 4) is 0 Å². The van der Waals surface area contributed by atoms with Gasteiger partial charge in [-0.3, -0.25) is 0 Å². The average molecular weight is 384 g/mol. The Labute approximate surface area is 164 Å². The molecular weight excluding hydrogens is 351 g/mol. The van der Waals surface area contributed by atoms with Crippen molar-refractivity contribution in [3.05, 3.63) is 60.7 Å². The van der Waals surface area contributed by atoms with Crippen LogP contribution in [0.1, 0.15) is 65.2 Å². The zero-order valence-corrected chi connectivity index (χ0v) is 17.6. The summed E-state index contributed by atoms with van der Waals surface area (Å²) in [6.45, 7) is 4.30. The van der Waals surface area contributed by atoms with E-state index in [0.717, 1.165) is 49.1 Å². The van der Waals surface area contributed by atoms with Crippen LogP contribution in [0, 0.1) is 0 Å². The summed E-state index contributed by atoms with van der Waals surface area (Å²) >= 11 is 0. The zero-order valence-electron chi connectivity index (χ0n) is 16.7. The van der Waals surface area contributed by atoms with Crippen molar-refractivity contribution in [1.82, 2.24) is 0 Å². The quantitative estimate of drug-likeness (QED) is 0.448. The average Bonchev–Trinajstić information content (AvgIpc) is 2.69. The van der Waals surface area contributed by atoms with E-state index in [4.69, 9.17) is 0 Å². The molecule has 0 aliphatic heterocycles.